The van der Waals surface area contributed by atoms with Crippen molar-refractivity contribution in [3.8, 4) is 6.07 Å². The Hall–Kier alpha value is -2.15. The van der Waals surface area contributed by atoms with E-state index in [1.54, 1.807) is 6.07 Å². The van der Waals surface area contributed by atoms with E-state index in [1.807, 2.05) is 25.1 Å². The zero-order valence-electron chi connectivity index (χ0n) is 8.24. The van der Waals surface area contributed by atoms with Gasteiger partial charge in [0.2, 0.25) is 0 Å². The molecule has 4 nitrogen and oxygen atoms in total. The second-order valence-electron chi connectivity index (χ2n) is 3.32. The zero-order chi connectivity index (χ0) is 10.8. The summed E-state index contributed by atoms with van der Waals surface area (Å²) in [6, 6.07) is 7.40. The molecule has 4 heteroatoms. The van der Waals surface area contributed by atoms with Crippen molar-refractivity contribution in [2.24, 2.45) is 0 Å². The summed E-state index contributed by atoms with van der Waals surface area (Å²) in [7, 11) is 0. The largest absolute Gasteiger partial charge is 0.309 e. The molecule has 15 heavy (non-hydrogen) atoms. The summed E-state index contributed by atoms with van der Waals surface area (Å²) in [5, 5.41) is 9.11. The lowest BCUT2D eigenvalue weighted by Gasteiger charge is -2.01. The zero-order valence-corrected chi connectivity index (χ0v) is 8.24. The Morgan fingerprint density at radius 3 is 3.07 bits per heavy atom. The Kier molecular flexibility index (Phi) is 2.22. The third kappa shape index (κ3) is 1.59. The molecule has 0 aliphatic carbocycles. The van der Waals surface area contributed by atoms with Gasteiger partial charge in [0.1, 0.15) is 5.82 Å². The van der Waals surface area contributed by atoms with E-state index in [2.05, 4.69) is 9.97 Å². The molecule has 0 radical (unpaired) electrons. The molecule has 0 unspecified atom stereocenters. The van der Waals surface area contributed by atoms with Gasteiger partial charge in [0.25, 0.3) is 5.56 Å². The van der Waals surface area contributed by atoms with Crippen LogP contribution in [0.1, 0.15) is 11.4 Å². The number of rotatable bonds is 1. The Morgan fingerprint density at radius 1 is 1.53 bits per heavy atom. The van der Waals surface area contributed by atoms with Gasteiger partial charge in [-0.15, -0.1) is 0 Å². The molecule has 2 rings (SSSR count). The number of aryl methyl sites for hydroxylation is 1. The van der Waals surface area contributed by atoms with Gasteiger partial charge in [0.05, 0.1) is 23.4 Å². The first-order valence-corrected chi connectivity index (χ1v) is 4.58. The van der Waals surface area contributed by atoms with Crippen molar-refractivity contribution in [1.29, 1.82) is 5.26 Å². The molecule has 0 amide bonds. The summed E-state index contributed by atoms with van der Waals surface area (Å²) in [6.45, 7) is 1.89. The first-order chi connectivity index (χ1) is 7.22. The lowest BCUT2D eigenvalue weighted by Crippen LogP contribution is -2.12. The van der Waals surface area contributed by atoms with E-state index in [0.29, 0.717) is 16.7 Å². The third-order valence-electron chi connectivity index (χ3n) is 2.23. The molecular formula is C11H9N3O. The first-order valence-electron chi connectivity index (χ1n) is 4.58. The van der Waals surface area contributed by atoms with Crippen molar-refractivity contribution >= 4 is 10.9 Å². The van der Waals surface area contributed by atoms with Crippen LogP contribution in [0, 0.1) is 18.3 Å². The van der Waals surface area contributed by atoms with E-state index in [9.17, 15) is 4.79 Å². The van der Waals surface area contributed by atoms with E-state index in [1.165, 1.54) is 0 Å². The number of nitriles is 1. The molecule has 1 N–H and O–H groups in total. The highest BCUT2D eigenvalue weighted by molar-refractivity contribution is 5.80. The lowest BCUT2D eigenvalue weighted by atomic mass is 10.1. The van der Waals surface area contributed by atoms with Crippen molar-refractivity contribution < 1.29 is 0 Å². The molecule has 2 aromatic rings. The van der Waals surface area contributed by atoms with Gasteiger partial charge in [-0.2, -0.15) is 5.26 Å². The van der Waals surface area contributed by atoms with E-state index < -0.39 is 0 Å². The maximum Gasteiger partial charge on any atom is 0.258 e. The number of hydrogen-bond acceptors (Lipinski definition) is 3. The quantitative estimate of drug-likeness (QED) is 0.752. The van der Waals surface area contributed by atoms with E-state index in [0.717, 1.165) is 5.56 Å². The normalized spacial score (nSPS) is 10.1. The van der Waals surface area contributed by atoms with Crippen LogP contribution < -0.4 is 5.56 Å². The van der Waals surface area contributed by atoms with Crippen LogP contribution in [-0.2, 0) is 6.42 Å². The average Bonchev–Trinajstić information content (AvgIpc) is 2.20. The Bertz CT molecular complexity index is 607. The van der Waals surface area contributed by atoms with Crippen molar-refractivity contribution in [2.45, 2.75) is 13.3 Å². The van der Waals surface area contributed by atoms with Crippen LogP contribution >= 0.6 is 0 Å². The number of H-pyrrole nitrogens is 1. The van der Waals surface area contributed by atoms with Crippen molar-refractivity contribution in [3.05, 3.63) is 39.9 Å². The smallest absolute Gasteiger partial charge is 0.258 e. The molecule has 0 aliphatic heterocycles. The molecule has 0 saturated heterocycles. The predicted molar refractivity (Wildman–Crippen MR) is 56.4 cm³/mol. The minimum atomic E-state index is -0.186. The van der Waals surface area contributed by atoms with Crippen LogP contribution in [0.3, 0.4) is 0 Å². The van der Waals surface area contributed by atoms with Crippen LogP contribution in [-0.4, -0.2) is 9.97 Å². The highest BCUT2D eigenvalue weighted by Crippen LogP contribution is 2.11. The van der Waals surface area contributed by atoms with Gasteiger partial charge in [-0.3, -0.25) is 4.79 Å². The van der Waals surface area contributed by atoms with Gasteiger partial charge < -0.3 is 4.98 Å². The van der Waals surface area contributed by atoms with Crippen LogP contribution in [0.25, 0.3) is 10.9 Å². The topological polar surface area (TPSA) is 69.5 Å². The minimum Gasteiger partial charge on any atom is -0.309 e. The van der Waals surface area contributed by atoms with Crippen LogP contribution in [0.15, 0.2) is 23.0 Å². The molecular weight excluding hydrogens is 190 g/mol. The van der Waals surface area contributed by atoms with E-state index in [4.69, 9.17) is 5.26 Å². The molecule has 1 aromatic heterocycles. The number of aromatic amines is 1. The molecule has 1 heterocycles. The second-order valence-corrected chi connectivity index (χ2v) is 3.32. The SMILES string of the molecule is Cc1cccc2c(=O)[nH]c(CC#N)nc12. The molecule has 0 fully saturated rings. The van der Waals surface area contributed by atoms with Crippen molar-refractivity contribution in [2.75, 3.05) is 0 Å². The molecule has 0 saturated carbocycles. The standard InChI is InChI=1S/C11H9N3O/c1-7-3-2-4-8-10(7)13-9(5-6-12)14-11(8)15/h2-4H,5H2,1H3,(H,13,14,15). The van der Waals surface area contributed by atoms with Gasteiger partial charge in [-0.1, -0.05) is 12.1 Å². The van der Waals surface area contributed by atoms with E-state index in [-0.39, 0.29) is 12.0 Å². The summed E-state index contributed by atoms with van der Waals surface area (Å²) >= 11 is 0. The number of hydrogen-bond donors (Lipinski definition) is 1. The fraction of sp³-hybridized carbons (Fsp3) is 0.182. The highest BCUT2D eigenvalue weighted by Gasteiger charge is 2.04. The maximum absolute atomic E-state index is 11.6. The number of nitrogens with zero attached hydrogens (tertiary/aromatic N) is 2. The maximum atomic E-state index is 11.6. The van der Waals surface area contributed by atoms with E-state index >= 15 is 0 Å². The number of nitrogens with one attached hydrogen (secondary N) is 1. The highest BCUT2D eigenvalue weighted by atomic mass is 16.1. The average molecular weight is 199 g/mol. The van der Waals surface area contributed by atoms with Crippen molar-refractivity contribution in [1.82, 2.24) is 9.97 Å². The van der Waals surface area contributed by atoms with Crippen LogP contribution in [0.5, 0.6) is 0 Å². The van der Waals surface area contributed by atoms with Crippen LogP contribution in [0.2, 0.25) is 0 Å². The summed E-state index contributed by atoms with van der Waals surface area (Å²) in [5.74, 6) is 0.421. The third-order valence-corrected chi connectivity index (χ3v) is 2.23. The van der Waals surface area contributed by atoms with Gasteiger partial charge in [-0.05, 0) is 18.6 Å². The van der Waals surface area contributed by atoms with Crippen molar-refractivity contribution in [3.63, 3.8) is 0 Å². The molecule has 0 aliphatic rings. The van der Waals surface area contributed by atoms with Gasteiger partial charge in [-0.25, -0.2) is 4.98 Å². The Labute approximate surface area is 86.2 Å². The summed E-state index contributed by atoms with van der Waals surface area (Å²) in [5.41, 5.74) is 1.43. The molecule has 0 bridgehead atoms. The number of benzene rings is 1. The van der Waals surface area contributed by atoms with Gasteiger partial charge >= 0.3 is 0 Å². The minimum absolute atomic E-state index is 0.125. The van der Waals surface area contributed by atoms with Gasteiger partial charge in [0, 0.05) is 0 Å². The lowest BCUT2D eigenvalue weighted by molar-refractivity contribution is 0.997. The predicted octanol–water partition coefficient (Wildman–Crippen LogP) is 1.30. The molecule has 0 atom stereocenters. The fourth-order valence-corrected chi connectivity index (χ4v) is 1.51. The summed E-state index contributed by atoms with van der Waals surface area (Å²) < 4.78 is 0. The first kappa shape index (κ1) is 9.41. The Morgan fingerprint density at radius 2 is 2.33 bits per heavy atom. The molecule has 0 spiro atoms. The molecule has 1 aromatic carbocycles. The second kappa shape index (κ2) is 3.54. The van der Waals surface area contributed by atoms with Gasteiger partial charge in [0.15, 0.2) is 0 Å². The monoisotopic (exact) mass is 199 g/mol. The summed E-state index contributed by atoms with van der Waals surface area (Å²) in [4.78, 5) is 18.5. The van der Waals surface area contributed by atoms with Crippen LogP contribution in [0.4, 0.5) is 0 Å². The summed E-state index contributed by atoms with van der Waals surface area (Å²) in [6.07, 6.45) is 0.125. The molecule has 74 valence electrons. The number of fused-ring (bicyclic) bond motifs is 1. The Balaban J connectivity index is 2.81. The number of para-hydroxylation sites is 1. The number of aromatic nitrogens is 2. The fourth-order valence-electron chi connectivity index (χ4n) is 1.51.